The maximum absolute atomic E-state index is 10.5. The number of hydrogen-bond donors (Lipinski definition) is 3. The van der Waals surface area contributed by atoms with Crippen LogP contribution in [0, 0.1) is 0 Å². The number of allylic oxidation sites excluding steroid dienone is 7. The molecule has 0 aromatic heterocycles. The molecule has 0 amide bonds. The van der Waals surface area contributed by atoms with Crippen molar-refractivity contribution in [3.8, 4) is 0 Å². The Hall–Kier alpha value is -1.73. The van der Waals surface area contributed by atoms with E-state index >= 15 is 0 Å². The van der Waals surface area contributed by atoms with E-state index in [0.717, 1.165) is 12.8 Å². The Morgan fingerprint density at radius 1 is 0.962 bits per heavy atom. The van der Waals surface area contributed by atoms with Crippen LogP contribution in [-0.4, -0.2) is 33.8 Å². The molecule has 3 N–H and O–H groups in total. The van der Waals surface area contributed by atoms with Crippen LogP contribution in [0.3, 0.4) is 0 Å². The van der Waals surface area contributed by atoms with Gasteiger partial charge in [-0.1, -0.05) is 62.3 Å². The number of carboxylic acid groups (broad SMARTS) is 1. The zero-order valence-corrected chi connectivity index (χ0v) is 15.5. The van der Waals surface area contributed by atoms with Crippen molar-refractivity contribution in [1.29, 1.82) is 0 Å². The summed E-state index contributed by atoms with van der Waals surface area (Å²) in [7, 11) is 0. The zero-order chi connectivity index (χ0) is 19.5. The highest BCUT2D eigenvalue weighted by atomic mass is 17.1. The van der Waals surface area contributed by atoms with Gasteiger partial charge in [-0.25, -0.2) is 9.78 Å². The summed E-state index contributed by atoms with van der Waals surface area (Å²) >= 11 is 0. The van der Waals surface area contributed by atoms with Gasteiger partial charge >= 0.3 is 5.97 Å². The fraction of sp³-hybridized carbons (Fsp3) is 0.550. The van der Waals surface area contributed by atoms with E-state index in [2.05, 4.69) is 28.9 Å². The summed E-state index contributed by atoms with van der Waals surface area (Å²) in [6, 6.07) is 0. The average molecular weight is 368 g/mol. The maximum atomic E-state index is 10.5. The summed E-state index contributed by atoms with van der Waals surface area (Å²) < 4.78 is 0. The van der Waals surface area contributed by atoms with Gasteiger partial charge in [0.05, 0.1) is 0 Å². The van der Waals surface area contributed by atoms with Gasteiger partial charge in [-0.3, -0.25) is 15.3 Å². The van der Waals surface area contributed by atoms with Crippen LogP contribution < -0.4 is 0 Å². The molecule has 0 heterocycles. The molecular formula is C20H32O6. The van der Waals surface area contributed by atoms with Gasteiger partial charge < -0.3 is 5.11 Å². The molecule has 0 rings (SSSR count). The molecular weight excluding hydrogens is 336 g/mol. The molecule has 26 heavy (non-hydrogen) atoms. The van der Waals surface area contributed by atoms with E-state index < -0.39 is 18.2 Å². The molecule has 0 saturated heterocycles. The van der Waals surface area contributed by atoms with Gasteiger partial charge in [0.15, 0.2) is 0 Å². The van der Waals surface area contributed by atoms with Gasteiger partial charge in [0, 0.05) is 6.42 Å². The van der Waals surface area contributed by atoms with Crippen molar-refractivity contribution in [3.05, 3.63) is 48.6 Å². The maximum Gasteiger partial charge on any atom is 0.303 e. The fourth-order valence-electron chi connectivity index (χ4n) is 2.22. The first-order valence-electron chi connectivity index (χ1n) is 9.12. The minimum atomic E-state index is -0.927. The second kappa shape index (κ2) is 18.1. The van der Waals surface area contributed by atoms with Gasteiger partial charge in [0.25, 0.3) is 0 Å². The molecule has 0 aliphatic heterocycles. The Morgan fingerprint density at radius 3 is 2.38 bits per heavy atom. The largest absolute Gasteiger partial charge is 0.481 e. The van der Waals surface area contributed by atoms with Crippen LogP contribution in [0.4, 0.5) is 0 Å². The van der Waals surface area contributed by atoms with Crippen LogP contribution in [0.25, 0.3) is 0 Å². The summed E-state index contributed by atoms with van der Waals surface area (Å²) in [6.45, 7) is 2.19. The Bertz CT molecular complexity index is 453. The van der Waals surface area contributed by atoms with Crippen molar-refractivity contribution in [2.75, 3.05) is 0 Å². The first-order valence-corrected chi connectivity index (χ1v) is 9.12. The Morgan fingerprint density at radius 2 is 1.73 bits per heavy atom. The molecule has 2 unspecified atom stereocenters. The molecule has 6 nitrogen and oxygen atoms in total. The van der Waals surface area contributed by atoms with Crippen molar-refractivity contribution in [1.82, 2.24) is 0 Å². The van der Waals surface area contributed by atoms with Gasteiger partial charge in [0.2, 0.25) is 0 Å². The zero-order valence-electron chi connectivity index (χ0n) is 15.5. The number of unbranched alkanes of at least 4 members (excludes halogenated alkanes) is 3. The standard InChI is InChI=1S/C20H32O6/c1-2-3-4-5-6-7-8-9-10-11-12-13-15-18(25-23)19(26-24)16-14-17-20(21)22/h6-7,9-13,15,18-19,23-24H,2-5,8,14,16-17H2,1H3,(H,21,22)/b7-6+,10-9-,12-11+,15-13+. The summed E-state index contributed by atoms with van der Waals surface area (Å²) in [5.74, 6) is -0.927. The second-order valence-corrected chi connectivity index (χ2v) is 5.90. The predicted molar refractivity (Wildman–Crippen MR) is 102 cm³/mol. The van der Waals surface area contributed by atoms with E-state index in [0.29, 0.717) is 6.42 Å². The van der Waals surface area contributed by atoms with Crippen molar-refractivity contribution in [2.24, 2.45) is 0 Å². The van der Waals surface area contributed by atoms with E-state index in [1.54, 1.807) is 12.2 Å². The van der Waals surface area contributed by atoms with Crippen LogP contribution in [-0.2, 0) is 14.6 Å². The van der Waals surface area contributed by atoms with Crippen LogP contribution in [0.15, 0.2) is 48.6 Å². The Labute approximate surface area is 156 Å². The van der Waals surface area contributed by atoms with Crippen molar-refractivity contribution in [3.63, 3.8) is 0 Å². The molecule has 0 radical (unpaired) electrons. The third-order valence-electron chi connectivity index (χ3n) is 3.69. The molecule has 2 atom stereocenters. The van der Waals surface area contributed by atoms with E-state index in [-0.39, 0.29) is 12.8 Å². The molecule has 0 aliphatic rings. The first kappa shape index (κ1) is 24.3. The lowest BCUT2D eigenvalue weighted by molar-refractivity contribution is -0.345. The smallest absolute Gasteiger partial charge is 0.303 e. The van der Waals surface area contributed by atoms with Crippen molar-refractivity contribution < 1.29 is 30.2 Å². The van der Waals surface area contributed by atoms with Crippen LogP contribution in [0.1, 0.15) is 58.3 Å². The predicted octanol–water partition coefficient (Wildman–Crippen LogP) is 5.15. The lowest BCUT2D eigenvalue weighted by Gasteiger charge is -2.18. The monoisotopic (exact) mass is 368 g/mol. The van der Waals surface area contributed by atoms with Gasteiger partial charge in [-0.2, -0.15) is 0 Å². The fourth-order valence-corrected chi connectivity index (χ4v) is 2.22. The molecule has 0 bridgehead atoms. The number of hydrogen-bond acceptors (Lipinski definition) is 5. The quantitative estimate of drug-likeness (QED) is 0.115. The molecule has 0 fully saturated rings. The Balaban J connectivity index is 4.13. The first-order chi connectivity index (χ1) is 12.7. The van der Waals surface area contributed by atoms with E-state index in [1.165, 1.54) is 25.3 Å². The highest BCUT2D eigenvalue weighted by molar-refractivity contribution is 5.66. The molecule has 0 saturated carbocycles. The highest BCUT2D eigenvalue weighted by Crippen LogP contribution is 2.12. The lowest BCUT2D eigenvalue weighted by atomic mass is 10.1. The van der Waals surface area contributed by atoms with Crippen LogP contribution >= 0.6 is 0 Å². The molecule has 0 spiro atoms. The lowest BCUT2D eigenvalue weighted by Crippen LogP contribution is -2.28. The molecule has 0 aliphatic carbocycles. The normalized spacial score (nSPS) is 14.9. The average Bonchev–Trinajstić information content (AvgIpc) is 2.63. The minimum absolute atomic E-state index is 0.0422. The third kappa shape index (κ3) is 14.6. The van der Waals surface area contributed by atoms with Crippen molar-refractivity contribution in [2.45, 2.75) is 70.5 Å². The third-order valence-corrected chi connectivity index (χ3v) is 3.69. The number of carbonyl (C=O) groups is 1. The van der Waals surface area contributed by atoms with Crippen LogP contribution in [0.5, 0.6) is 0 Å². The van der Waals surface area contributed by atoms with E-state index in [1.807, 2.05) is 18.2 Å². The second-order valence-electron chi connectivity index (χ2n) is 5.90. The SMILES string of the molecule is CCCCC/C=C/C\C=C/C=C/C=C/C(OO)C(CCCC(=O)O)OO. The van der Waals surface area contributed by atoms with Gasteiger partial charge in [0.1, 0.15) is 12.2 Å². The summed E-state index contributed by atoms with van der Waals surface area (Å²) in [5, 5.41) is 26.4. The van der Waals surface area contributed by atoms with E-state index in [9.17, 15) is 4.79 Å². The Kier molecular flexibility index (Phi) is 16.9. The van der Waals surface area contributed by atoms with Gasteiger partial charge in [-0.15, -0.1) is 0 Å². The molecule has 0 aromatic rings. The number of rotatable bonds is 16. The summed E-state index contributed by atoms with van der Waals surface area (Å²) in [4.78, 5) is 19.0. The molecule has 6 heteroatoms. The molecule has 0 aromatic carbocycles. The number of aliphatic carboxylic acids is 1. The minimum Gasteiger partial charge on any atom is -0.481 e. The highest BCUT2D eigenvalue weighted by Gasteiger charge is 2.21. The summed E-state index contributed by atoms with van der Waals surface area (Å²) in [5.41, 5.74) is 0. The summed E-state index contributed by atoms with van der Waals surface area (Å²) in [6.07, 6.45) is 19.6. The number of carboxylic acids is 1. The molecule has 148 valence electrons. The van der Waals surface area contributed by atoms with Crippen molar-refractivity contribution >= 4 is 5.97 Å². The topological polar surface area (TPSA) is 96.2 Å². The van der Waals surface area contributed by atoms with E-state index in [4.69, 9.17) is 15.6 Å². The van der Waals surface area contributed by atoms with Gasteiger partial charge in [-0.05, 0) is 38.2 Å². The van der Waals surface area contributed by atoms with Crippen LogP contribution in [0.2, 0.25) is 0 Å².